The van der Waals surface area contributed by atoms with Crippen LogP contribution in [0.1, 0.15) is 52.5 Å². The van der Waals surface area contributed by atoms with Crippen molar-refractivity contribution in [3.05, 3.63) is 35.9 Å². The van der Waals surface area contributed by atoms with Crippen LogP contribution in [-0.2, 0) is 16.0 Å². The average molecular weight is 289 g/mol. The number of unbranched alkanes of at least 4 members (excludes halogenated alkanes) is 1. The van der Waals surface area contributed by atoms with Gasteiger partial charge in [0.25, 0.3) is 0 Å². The number of Topliss-reactive ketones (excluding diaryl/α,β-unsaturated/α-hetero) is 1. The first-order valence-corrected chi connectivity index (χ1v) is 7.72. The SMILES string of the molecule is CCCCC(=O)N[C@H](Cc1ccccc1)C(=O)C(C)(C)C. The predicted molar refractivity (Wildman–Crippen MR) is 86.1 cm³/mol. The minimum Gasteiger partial charge on any atom is -0.346 e. The monoisotopic (exact) mass is 289 g/mol. The molecule has 1 amide bonds. The van der Waals surface area contributed by atoms with Gasteiger partial charge in [0.1, 0.15) is 0 Å². The first-order chi connectivity index (χ1) is 9.84. The molecule has 3 heteroatoms. The number of hydrogen-bond donors (Lipinski definition) is 1. The molecule has 1 atom stereocenters. The van der Waals surface area contributed by atoms with Gasteiger partial charge in [0.2, 0.25) is 5.91 Å². The van der Waals surface area contributed by atoms with Gasteiger partial charge in [-0.3, -0.25) is 9.59 Å². The van der Waals surface area contributed by atoms with Gasteiger partial charge in [0.05, 0.1) is 6.04 Å². The molecule has 0 fully saturated rings. The van der Waals surface area contributed by atoms with E-state index >= 15 is 0 Å². The summed E-state index contributed by atoms with van der Waals surface area (Å²) in [6.07, 6.45) is 2.87. The molecule has 0 unspecified atom stereocenters. The van der Waals surface area contributed by atoms with E-state index < -0.39 is 11.5 Å². The van der Waals surface area contributed by atoms with Crippen LogP contribution < -0.4 is 5.32 Å². The fourth-order valence-corrected chi connectivity index (χ4v) is 2.19. The molecule has 116 valence electrons. The Morgan fingerprint density at radius 2 is 1.76 bits per heavy atom. The molecular formula is C18H27NO2. The summed E-state index contributed by atoms with van der Waals surface area (Å²) in [4.78, 5) is 24.5. The third-order valence-electron chi connectivity index (χ3n) is 3.43. The van der Waals surface area contributed by atoms with Crippen LogP contribution in [0.4, 0.5) is 0 Å². The fraction of sp³-hybridized carbons (Fsp3) is 0.556. The van der Waals surface area contributed by atoms with E-state index in [1.165, 1.54) is 0 Å². The van der Waals surface area contributed by atoms with Gasteiger partial charge < -0.3 is 5.32 Å². The van der Waals surface area contributed by atoms with E-state index in [9.17, 15) is 9.59 Å². The zero-order valence-corrected chi connectivity index (χ0v) is 13.6. The Balaban J connectivity index is 2.80. The molecule has 0 radical (unpaired) electrons. The van der Waals surface area contributed by atoms with E-state index in [0.717, 1.165) is 18.4 Å². The second-order valence-corrected chi connectivity index (χ2v) is 6.53. The smallest absolute Gasteiger partial charge is 0.220 e. The van der Waals surface area contributed by atoms with E-state index in [-0.39, 0.29) is 11.7 Å². The van der Waals surface area contributed by atoms with Crippen molar-refractivity contribution >= 4 is 11.7 Å². The second-order valence-electron chi connectivity index (χ2n) is 6.53. The highest BCUT2D eigenvalue weighted by Gasteiger charge is 2.30. The summed E-state index contributed by atoms with van der Waals surface area (Å²) < 4.78 is 0. The molecule has 0 aliphatic rings. The molecule has 0 heterocycles. The van der Waals surface area contributed by atoms with Gasteiger partial charge in [-0.2, -0.15) is 0 Å². The molecule has 1 aromatic rings. The van der Waals surface area contributed by atoms with E-state index in [4.69, 9.17) is 0 Å². The summed E-state index contributed by atoms with van der Waals surface area (Å²) in [6.45, 7) is 7.73. The van der Waals surface area contributed by atoms with Crippen LogP contribution in [-0.4, -0.2) is 17.7 Å². The average Bonchev–Trinajstić information content (AvgIpc) is 2.43. The number of amides is 1. The second kappa shape index (κ2) is 7.96. The Bertz CT molecular complexity index is 460. The topological polar surface area (TPSA) is 46.2 Å². The lowest BCUT2D eigenvalue weighted by Crippen LogP contribution is -2.46. The van der Waals surface area contributed by atoms with Gasteiger partial charge in [-0.15, -0.1) is 0 Å². The van der Waals surface area contributed by atoms with Gasteiger partial charge in [0.15, 0.2) is 5.78 Å². The molecular weight excluding hydrogens is 262 g/mol. The summed E-state index contributed by atoms with van der Waals surface area (Å²) in [7, 11) is 0. The third kappa shape index (κ3) is 6.11. The Kier molecular flexibility index (Phi) is 6.60. The van der Waals surface area contributed by atoms with Gasteiger partial charge in [-0.05, 0) is 18.4 Å². The number of nitrogens with one attached hydrogen (secondary N) is 1. The normalized spacial score (nSPS) is 12.8. The first-order valence-electron chi connectivity index (χ1n) is 7.72. The summed E-state index contributed by atoms with van der Waals surface area (Å²) in [5, 5.41) is 2.92. The van der Waals surface area contributed by atoms with Gasteiger partial charge in [0, 0.05) is 11.8 Å². The Morgan fingerprint density at radius 1 is 1.14 bits per heavy atom. The van der Waals surface area contributed by atoms with Crippen molar-refractivity contribution in [3.63, 3.8) is 0 Å². The van der Waals surface area contributed by atoms with Crippen molar-refractivity contribution in [1.29, 1.82) is 0 Å². The van der Waals surface area contributed by atoms with E-state index in [0.29, 0.717) is 12.8 Å². The molecule has 21 heavy (non-hydrogen) atoms. The number of carbonyl (C=O) groups is 2. The van der Waals surface area contributed by atoms with Gasteiger partial charge >= 0.3 is 0 Å². The highest BCUT2D eigenvalue weighted by Crippen LogP contribution is 2.19. The maximum Gasteiger partial charge on any atom is 0.220 e. The Hall–Kier alpha value is -1.64. The molecule has 1 rings (SSSR count). The van der Waals surface area contributed by atoms with E-state index in [1.807, 2.05) is 51.1 Å². The summed E-state index contributed by atoms with van der Waals surface area (Å²) in [6, 6.07) is 9.38. The quantitative estimate of drug-likeness (QED) is 0.835. The van der Waals surface area contributed by atoms with Crippen LogP contribution in [0.15, 0.2) is 30.3 Å². The summed E-state index contributed by atoms with van der Waals surface area (Å²) in [5.41, 5.74) is 0.605. The lowest BCUT2D eigenvalue weighted by Gasteiger charge is -2.25. The maximum absolute atomic E-state index is 12.6. The molecule has 0 spiro atoms. The van der Waals surface area contributed by atoms with E-state index in [1.54, 1.807) is 0 Å². The standard InChI is InChI=1S/C18H27NO2/c1-5-6-12-16(20)19-15(17(21)18(2,3)4)13-14-10-8-7-9-11-14/h7-11,15H,5-6,12-13H2,1-4H3,(H,19,20)/t15-/m1/s1. The zero-order valence-electron chi connectivity index (χ0n) is 13.6. The van der Waals surface area contributed by atoms with Crippen LogP contribution in [0.5, 0.6) is 0 Å². The van der Waals surface area contributed by atoms with Crippen LogP contribution in [0, 0.1) is 5.41 Å². The highest BCUT2D eigenvalue weighted by molar-refractivity contribution is 5.92. The molecule has 3 nitrogen and oxygen atoms in total. The van der Waals surface area contributed by atoms with Crippen molar-refractivity contribution in [2.24, 2.45) is 5.41 Å². The molecule has 0 aliphatic carbocycles. The Morgan fingerprint density at radius 3 is 2.29 bits per heavy atom. The minimum atomic E-state index is -0.461. The van der Waals surface area contributed by atoms with Gasteiger partial charge in [-0.1, -0.05) is 64.4 Å². The maximum atomic E-state index is 12.6. The number of rotatable bonds is 7. The lowest BCUT2D eigenvalue weighted by molar-refractivity contribution is -0.132. The van der Waals surface area contributed by atoms with E-state index in [2.05, 4.69) is 12.2 Å². The first kappa shape index (κ1) is 17.4. The number of carbonyl (C=O) groups excluding carboxylic acids is 2. The predicted octanol–water partition coefficient (Wildman–Crippen LogP) is 3.52. The summed E-state index contributed by atoms with van der Waals surface area (Å²) in [5.74, 6) is 0.0478. The third-order valence-corrected chi connectivity index (χ3v) is 3.43. The van der Waals surface area contributed by atoms with Crippen molar-refractivity contribution in [2.75, 3.05) is 0 Å². The van der Waals surface area contributed by atoms with Crippen LogP contribution in [0.3, 0.4) is 0 Å². The van der Waals surface area contributed by atoms with Crippen molar-refractivity contribution < 1.29 is 9.59 Å². The summed E-state index contributed by atoms with van der Waals surface area (Å²) >= 11 is 0. The zero-order chi connectivity index (χ0) is 15.9. The van der Waals surface area contributed by atoms with Crippen molar-refractivity contribution in [1.82, 2.24) is 5.32 Å². The largest absolute Gasteiger partial charge is 0.346 e. The molecule has 1 aromatic carbocycles. The number of ketones is 1. The van der Waals surface area contributed by atoms with Crippen LogP contribution >= 0.6 is 0 Å². The molecule has 0 bridgehead atoms. The Labute approximate surface area is 128 Å². The fourth-order valence-electron chi connectivity index (χ4n) is 2.19. The molecule has 0 aromatic heterocycles. The van der Waals surface area contributed by atoms with Crippen molar-refractivity contribution in [3.8, 4) is 0 Å². The van der Waals surface area contributed by atoms with Crippen LogP contribution in [0.25, 0.3) is 0 Å². The number of hydrogen-bond acceptors (Lipinski definition) is 2. The van der Waals surface area contributed by atoms with Crippen molar-refractivity contribution in [2.45, 2.75) is 59.4 Å². The lowest BCUT2D eigenvalue weighted by atomic mass is 9.84. The minimum absolute atomic E-state index is 0.0321. The van der Waals surface area contributed by atoms with Gasteiger partial charge in [-0.25, -0.2) is 0 Å². The van der Waals surface area contributed by atoms with Crippen LogP contribution in [0.2, 0.25) is 0 Å². The molecule has 1 N–H and O–H groups in total. The molecule has 0 saturated heterocycles. The number of benzene rings is 1. The highest BCUT2D eigenvalue weighted by atomic mass is 16.2. The molecule has 0 saturated carbocycles. The molecule has 0 aliphatic heterocycles.